The van der Waals surface area contributed by atoms with Crippen molar-refractivity contribution in [3.8, 4) is 0 Å². The fourth-order valence-corrected chi connectivity index (χ4v) is 5.14. The fraction of sp³-hybridized carbons (Fsp3) is 0.355. The third-order valence-electron chi connectivity index (χ3n) is 7.20. The van der Waals surface area contributed by atoms with E-state index < -0.39 is 47.2 Å². The summed E-state index contributed by atoms with van der Waals surface area (Å²) >= 11 is 0. The number of dihydropyridines is 1. The maximum absolute atomic E-state index is 13.5. The summed E-state index contributed by atoms with van der Waals surface area (Å²) < 4.78 is 10.9. The molecule has 0 spiro atoms. The van der Waals surface area contributed by atoms with E-state index in [2.05, 4.69) is 22.3 Å². The zero-order valence-corrected chi connectivity index (χ0v) is 25.0. The molecule has 2 aliphatic heterocycles. The van der Waals surface area contributed by atoms with Gasteiger partial charge in [-0.05, 0) is 31.4 Å². The van der Waals surface area contributed by atoms with Gasteiger partial charge in [0.1, 0.15) is 6.10 Å². The summed E-state index contributed by atoms with van der Waals surface area (Å²) in [5, 5.41) is 38.7. The molecule has 45 heavy (non-hydrogen) atoms. The molecule has 1 fully saturated rings. The predicted molar refractivity (Wildman–Crippen MR) is 159 cm³/mol. The van der Waals surface area contributed by atoms with E-state index in [1.165, 1.54) is 30.9 Å². The third kappa shape index (κ3) is 9.20. The average Bonchev–Trinajstić information content (AvgIpc) is 3.43. The number of carboxylic acid groups (broad SMARTS) is 2. The molecule has 3 atom stereocenters. The van der Waals surface area contributed by atoms with Gasteiger partial charge in [0.25, 0.3) is 5.69 Å². The first-order valence-corrected chi connectivity index (χ1v) is 13.9. The minimum atomic E-state index is -1.79. The number of hydrogen-bond donors (Lipinski definition) is 4. The van der Waals surface area contributed by atoms with Gasteiger partial charge in [0.2, 0.25) is 0 Å². The van der Waals surface area contributed by atoms with E-state index in [4.69, 9.17) is 24.8 Å². The molecular formula is C31H35N3O11. The number of aliphatic hydroxyl groups is 1. The molecular weight excluding hydrogens is 590 g/mol. The third-order valence-corrected chi connectivity index (χ3v) is 7.20. The summed E-state index contributed by atoms with van der Waals surface area (Å²) in [6, 6.07) is 16.0. The number of ether oxygens (including phenoxy) is 2. The van der Waals surface area contributed by atoms with E-state index in [0.29, 0.717) is 29.9 Å². The first kappa shape index (κ1) is 34.4. The number of methoxy groups -OCH3 is 1. The number of rotatable bonds is 10. The molecule has 0 aliphatic carbocycles. The lowest BCUT2D eigenvalue weighted by molar-refractivity contribution is -0.384. The highest BCUT2D eigenvalue weighted by atomic mass is 16.6. The second kappa shape index (κ2) is 15.6. The fourth-order valence-electron chi connectivity index (χ4n) is 5.14. The van der Waals surface area contributed by atoms with E-state index in [0.717, 1.165) is 13.1 Å². The van der Waals surface area contributed by atoms with Crippen LogP contribution >= 0.6 is 0 Å². The largest absolute Gasteiger partial charge is 0.481 e. The van der Waals surface area contributed by atoms with Crippen molar-refractivity contribution in [2.24, 2.45) is 0 Å². The van der Waals surface area contributed by atoms with Crippen LogP contribution in [0.1, 0.15) is 43.7 Å². The number of carboxylic acids is 2. The normalized spacial score (nSPS) is 18.7. The Kier molecular flexibility index (Phi) is 11.9. The lowest BCUT2D eigenvalue weighted by atomic mass is 9.80. The van der Waals surface area contributed by atoms with Crippen LogP contribution in [0, 0.1) is 10.1 Å². The molecule has 0 aromatic heterocycles. The molecule has 1 saturated heterocycles. The summed E-state index contributed by atoms with van der Waals surface area (Å²) in [5.41, 5.74) is 2.99. The molecule has 0 amide bonds. The highest BCUT2D eigenvalue weighted by Gasteiger charge is 2.39. The second-order valence-electron chi connectivity index (χ2n) is 10.5. The minimum absolute atomic E-state index is 0.134. The Labute approximate surface area is 258 Å². The number of non-ortho nitro benzene ring substituents is 1. The van der Waals surface area contributed by atoms with Crippen LogP contribution < -0.4 is 5.32 Å². The van der Waals surface area contributed by atoms with Gasteiger partial charge in [-0.3, -0.25) is 19.8 Å². The number of aliphatic hydroxyl groups excluding tert-OH is 1. The lowest BCUT2D eigenvalue weighted by Gasteiger charge is -2.30. The minimum Gasteiger partial charge on any atom is -0.481 e. The highest BCUT2D eigenvalue weighted by molar-refractivity contribution is 6.00. The van der Waals surface area contributed by atoms with Gasteiger partial charge in [0.05, 0.1) is 35.5 Å². The van der Waals surface area contributed by atoms with Crippen molar-refractivity contribution < 1.29 is 48.9 Å². The number of allylic oxidation sites excluding steroid dienone is 2. The zero-order valence-electron chi connectivity index (χ0n) is 25.0. The SMILES string of the molecule is COC(=O)C1=C(C)NC(C)=C(C(=O)O[C@H]2CCN(Cc3ccccc3)C2)[C@H]1c1cccc([N+](=O)[O-])c1.O=C(O)CC(O)C(=O)O. The van der Waals surface area contributed by atoms with Crippen LogP contribution in [0.15, 0.2) is 77.1 Å². The summed E-state index contributed by atoms with van der Waals surface area (Å²) in [5.74, 6) is -4.89. The van der Waals surface area contributed by atoms with E-state index in [1.807, 2.05) is 18.2 Å². The lowest BCUT2D eigenvalue weighted by Crippen LogP contribution is -2.34. The van der Waals surface area contributed by atoms with Gasteiger partial charge in [-0.15, -0.1) is 0 Å². The number of benzene rings is 2. The Morgan fingerprint density at radius 2 is 1.67 bits per heavy atom. The summed E-state index contributed by atoms with van der Waals surface area (Å²) in [7, 11) is 1.26. The van der Waals surface area contributed by atoms with Crippen LogP contribution in [0.5, 0.6) is 0 Å². The van der Waals surface area contributed by atoms with Crippen molar-refractivity contribution >= 4 is 29.6 Å². The monoisotopic (exact) mass is 625 g/mol. The topological polar surface area (TPSA) is 206 Å². The van der Waals surface area contributed by atoms with Gasteiger partial charge in [-0.25, -0.2) is 14.4 Å². The average molecular weight is 626 g/mol. The maximum Gasteiger partial charge on any atom is 0.337 e. The molecule has 2 heterocycles. The number of likely N-dealkylation sites (tertiary alicyclic amines) is 1. The van der Waals surface area contributed by atoms with Gasteiger partial charge < -0.3 is 30.1 Å². The van der Waals surface area contributed by atoms with Crippen molar-refractivity contribution in [2.75, 3.05) is 20.2 Å². The molecule has 2 aromatic carbocycles. The van der Waals surface area contributed by atoms with Gasteiger partial charge in [-0.2, -0.15) is 0 Å². The van der Waals surface area contributed by atoms with Gasteiger partial charge in [0, 0.05) is 43.2 Å². The van der Waals surface area contributed by atoms with E-state index >= 15 is 0 Å². The van der Waals surface area contributed by atoms with Crippen LogP contribution in [0.3, 0.4) is 0 Å². The Hall–Kier alpha value is -5.08. The van der Waals surface area contributed by atoms with Gasteiger partial charge in [-0.1, -0.05) is 42.5 Å². The number of esters is 2. The number of nitrogens with one attached hydrogen (secondary N) is 1. The zero-order chi connectivity index (χ0) is 33.3. The quantitative estimate of drug-likeness (QED) is 0.170. The van der Waals surface area contributed by atoms with Crippen molar-refractivity contribution in [2.45, 2.75) is 51.4 Å². The summed E-state index contributed by atoms with van der Waals surface area (Å²) in [4.78, 5) is 58.9. The van der Waals surface area contributed by atoms with Crippen molar-refractivity contribution in [3.63, 3.8) is 0 Å². The van der Waals surface area contributed by atoms with Gasteiger partial charge in [0.15, 0.2) is 6.10 Å². The number of nitro groups is 1. The maximum atomic E-state index is 13.5. The standard InChI is InChI=1S/C27H29N3O6.C4H6O5/c1-17-23(26(31)35-3)25(20-10-7-11-21(14-20)30(33)34)24(18(2)28-17)27(32)36-22-12-13-29(16-22)15-19-8-5-4-6-9-19;5-2(4(8)9)1-3(6)7/h4-11,14,22,25,28H,12-13,15-16H2,1-3H3;2,5H,1H2,(H,6,7)(H,8,9)/t22-,25-;/m0./s1. The molecule has 2 aliphatic rings. The Morgan fingerprint density at radius 1 is 1.02 bits per heavy atom. The summed E-state index contributed by atoms with van der Waals surface area (Å²) in [6.45, 7) is 5.60. The molecule has 0 radical (unpaired) electrons. The number of nitrogens with zero attached hydrogens (tertiary/aromatic N) is 2. The smallest absolute Gasteiger partial charge is 0.337 e. The Bertz CT molecular complexity index is 1500. The Morgan fingerprint density at radius 3 is 2.22 bits per heavy atom. The number of nitro benzene ring substituents is 1. The molecule has 240 valence electrons. The first-order valence-electron chi connectivity index (χ1n) is 13.9. The van der Waals surface area contributed by atoms with Crippen LogP contribution in [-0.4, -0.2) is 81.4 Å². The van der Waals surface area contributed by atoms with Crippen LogP contribution in [0.4, 0.5) is 5.69 Å². The molecule has 0 bridgehead atoms. The molecule has 14 heteroatoms. The number of carbonyl (C=O) groups excluding carboxylic acids is 2. The molecule has 2 aromatic rings. The first-order chi connectivity index (χ1) is 21.3. The summed E-state index contributed by atoms with van der Waals surface area (Å²) in [6.07, 6.45) is -2.16. The number of carbonyl (C=O) groups is 4. The van der Waals surface area contributed by atoms with E-state index in [-0.39, 0.29) is 22.9 Å². The second-order valence-corrected chi connectivity index (χ2v) is 10.5. The van der Waals surface area contributed by atoms with E-state index in [9.17, 15) is 29.3 Å². The molecule has 14 nitrogen and oxygen atoms in total. The van der Waals surface area contributed by atoms with Crippen molar-refractivity contribution in [3.05, 3.63) is 98.4 Å². The Balaban J connectivity index is 0.000000535. The van der Waals surface area contributed by atoms with E-state index in [1.54, 1.807) is 19.9 Å². The van der Waals surface area contributed by atoms with Crippen molar-refractivity contribution in [1.29, 1.82) is 0 Å². The van der Waals surface area contributed by atoms with Crippen LogP contribution in [0.2, 0.25) is 0 Å². The van der Waals surface area contributed by atoms with Crippen molar-refractivity contribution in [1.82, 2.24) is 10.2 Å². The highest BCUT2D eigenvalue weighted by Crippen LogP contribution is 2.40. The molecule has 4 N–H and O–H groups in total. The predicted octanol–water partition coefficient (Wildman–Crippen LogP) is 2.73. The molecule has 4 rings (SSSR count). The van der Waals surface area contributed by atoms with Crippen LogP contribution in [0.25, 0.3) is 0 Å². The number of aliphatic carboxylic acids is 2. The molecule has 1 unspecified atom stereocenters. The van der Waals surface area contributed by atoms with Gasteiger partial charge >= 0.3 is 23.9 Å². The molecule has 0 saturated carbocycles. The van der Waals surface area contributed by atoms with Crippen LogP contribution in [-0.2, 0) is 35.2 Å². The number of hydrogen-bond acceptors (Lipinski definition) is 11.